The fourth-order valence-electron chi connectivity index (χ4n) is 7.88. The van der Waals surface area contributed by atoms with Crippen LogP contribution in [0.15, 0.2) is 24.3 Å². The van der Waals surface area contributed by atoms with Crippen LogP contribution in [0.3, 0.4) is 0 Å². The van der Waals surface area contributed by atoms with Crippen molar-refractivity contribution in [3.8, 4) is 0 Å². The van der Waals surface area contributed by atoms with Crippen molar-refractivity contribution in [1.29, 1.82) is 0 Å². The molecule has 0 aliphatic carbocycles. The molecule has 0 rings (SSSR count). The molecule has 0 aromatic rings. The van der Waals surface area contributed by atoms with Crippen LogP contribution in [0.1, 0.15) is 264 Å². The molecular formula is C53H98N2O7. The van der Waals surface area contributed by atoms with Crippen molar-refractivity contribution >= 4 is 23.8 Å². The van der Waals surface area contributed by atoms with E-state index < -0.39 is 24.5 Å². The van der Waals surface area contributed by atoms with Gasteiger partial charge in [0.1, 0.15) is 12.1 Å². The summed E-state index contributed by atoms with van der Waals surface area (Å²) in [4.78, 5) is 47.8. The van der Waals surface area contributed by atoms with Crippen molar-refractivity contribution in [2.24, 2.45) is 0 Å². The topological polar surface area (TPSA) is 142 Å². The number of carbonyl (C=O) groups is 4. The second kappa shape index (κ2) is 47.8. The van der Waals surface area contributed by atoms with Gasteiger partial charge < -0.3 is 25.6 Å². The minimum absolute atomic E-state index is 0.0284. The summed E-state index contributed by atoms with van der Waals surface area (Å²) in [5.74, 6) is -2.29. The number of carboxylic acids is 1. The lowest BCUT2D eigenvalue weighted by Crippen LogP contribution is -2.47. The Kier molecular flexibility index (Phi) is 45.7. The number of amides is 2. The van der Waals surface area contributed by atoms with Gasteiger partial charge in [0.2, 0.25) is 11.8 Å². The molecule has 2 atom stereocenters. The number of aliphatic hydroxyl groups excluding tert-OH is 1. The zero-order valence-electron chi connectivity index (χ0n) is 40.4. The lowest BCUT2D eigenvalue weighted by molar-refractivity contribution is -0.150. The van der Waals surface area contributed by atoms with Gasteiger partial charge in [0.05, 0.1) is 13.2 Å². The molecule has 0 saturated heterocycles. The van der Waals surface area contributed by atoms with E-state index in [0.29, 0.717) is 19.3 Å². The van der Waals surface area contributed by atoms with Gasteiger partial charge in [-0.1, -0.05) is 186 Å². The van der Waals surface area contributed by atoms with Gasteiger partial charge in [-0.15, -0.1) is 0 Å². The van der Waals surface area contributed by atoms with E-state index in [1.807, 2.05) is 0 Å². The number of esters is 1. The van der Waals surface area contributed by atoms with Crippen molar-refractivity contribution in [2.45, 2.75) is 276 Å². The predicted octanol–water partition coefficient (Wildman–Crippen LogP) is 13.9. The summed E-state index contributed by atoms with van der Waals surface area (Å²) in [5, 5.41) is 22.6. The Labute approximate surface area is 381 Å². The smallest absolute Gasteiger partial charge is 0.328 e. The number of carboxylic acid groups (broad SMARTS) is 1. The molecule has 0 saturated carbocycles. The van der Waals surface area contributed by atoms with Crippen LogP contribution in [0.2, 0.25) is 0 Å². The van der Waals surface area contributed by atoms with Crippen molar-refractivity contribution < 1.29 is 34.1 Å². The Morgan fingerprint density at radius 3 is 1.23 bits per heavy atom. The van der Waals surface area contributed by atoms with Crippen LogP contribution < -0.4 is 10.6 Å². The van der Waals surface area contributed by atoms with Crippen LogP contribution in [-0.4, -0.2) is 59.3 Å². The minimum atomic E-state index is -1.38. The summed E-state index contributed by atoms with van der Waals surface area (Å²) in [7, 11) is 0. The Bertz CT molecular complexity index is 1090. The molecule has 0 heterocycles. The highest BCUT2D eigenvalue weighted by Gasteiger charge is 2.19. The zero-order chi connectivity index (χ0) is 45.4. The van der Waals surface area contributed by atoms with Gasteiger partial charge in [0, 0.05) is 12.8 Å². The molecule has 0 aliphatic heterocycles. The van der Waals surface area contributed by atoms with Crippen LogP contribution in [-0.2, 0) is 23.9 Å². The number of allylic oxidation sites excluding steroid dienone is 4. The van der Waals surface area contributed by atoms with Crippen molar-refractivity contribution in [1.82, 2.24) is 10.6 Å². The summed E-state index contributed by atoms with van der Waals surface area (Å²) in [6, 6.07) is -1.38. The third-order valence-corrected chi connectivity index (χ3v) is 11.9. The first-order chi connectivity index (χ1) is 30.3. The number of ether oxygens (including phenoxy) is 1. The summed E-state index contributed by atoms with van der Waals surface area (Å²) in [6.45, 7) is 3.51. The molecule has 0 bridgehead atoms. The number of aliphatic hydroxyl groups is 1. The maximum Gasteiger partial charge on any atom is 0.328 e. The Hall–Kier alpha value is -2.68. The normalized spacial score (nSPS) is 12.6. The van der Waals surface area contributed by atoms with Crippen molar-refractivity contribution in [2.75, 3.05) is 13.2 Å². The van der Waals surface area contributed by atoms with E-state index in [2.05, 4.69) is 48.8 Å². The van der Waals surface area contributed by atoms with Gasteiger partial charge >= 0.3 is 11.9 Å². The van der Waals surface area contributed by atoms with Crippen molar-refractivity contribution in [3.63, 3.8) is 0 Å². The predicted molar refractivity (Wildman–Crippen MR) is 259 cm³/mol. The fraction of sp³-hybridized carbons (Fsp3) is 0.849. The number of unbranched alkanes of at least 4 members (excludes halogenated alkanes) is 30. The number of hydrogen-bond acceptors (Lipinski definition) is 6. The average Bonchev–Trinajstić information content (AvgIpc) is 3.26. The molecule has 362 valence electrons. The molecule has 4 N–H and O–H groups in total. The Balaban J connectivity index is 4.30. The van der Waals surface area contributed by atoms with Gasteiger partial charge in [0.15, 0.2) is 0 Å². The Morgan fingerprint density at radius 1 is 0.468 bits per heavy atom. The number of hydrogen-bond donors (Lipinski definition) is 4. The summed E-state index contributed by atoms with van der Waals surface area (Å²) >= 11 is 0. The van der Waals surface area contributed by atoms with E-state index in [1.54, 1.807) is 0 Å². The zero-order valence-corrected chi connectivity index (χ0v) is 40.4. The maximum absolute atomic E-state index is 12.9. The van der Waals surface area contributed by atoms with Crippen LogP contribution in [0, 0.1) is 0 Å². The maximum atomic E-state index is 12.9. The fourth-order valence-corrected chi connectivity index (χ4v) is 7.88. The quantitative estimate of drug-likeness (QED) is 0.0271. The van der Waals surface area contributed by atoms with Gasteiger partial charge in [-0.3, -0.25) is 14.4 Å². The van der Waals surface area contributed by atoms with Crippen molar-refractivity contribution in [3.05, 3.63) is 24.3 Å². The number of aliphatic carboxylic acids is 1. The van der Waals surface area contributed by atoms with E-state index in [9.17, 15) is 19.2 Å². The van der Waals surface area contributed by atoms with Crippen LogP contribution in [0.25, 0.3) is 0 Å². The molecule has 0 fully saturated rings. The van der Waals surface area contributed by atoms with E-state index in [1.165, 1.54) is 161 Å². The third kappa shape index (κ3) is 43.9. The lowest BCUT2D eigenvalue weighted by atomic mass is 10.0. The molecular weight excluding hydrogens is 777 g/mol. The summed E-state index contributed by atoms with van der Waals surface area (Å²) < 4.78 is 6.07. The van der Waals surface area contributed by atoms with Crippen LogP contribution >= 0.6 is 0 Å². The first-order valence-corrected chi connectivity index (χ1v) is 26.2. The molecule has 2 amide bonds. The molecule has 0 radical (unpaired) electrons. The molecule has 9 nitrogen and oxygen atoms in total. The molecule has 0 aromatic heterocycles. The second-order valence-electron chi connectivity index (χ2n) is 18.0. The first-order valence-electron chi connectivity index (χ1n) is 26.2. The third-order valence-electron chi connectivity index (χ3n) is 11.9. The van der Waals surface area contributed by atoms with E-state index in [-0.39, 0.29) is 24.5 Å². The molecule has 0 spiro atoms. The number of carbonyl (C=O) groups excluding carboxylic acids is 3. The highest BCUT2D eigenvalue weighted by atomic mass is 16.5. The van der Waals surface area contributed by atoms with Gasteiger partial charge in [-0.25, -0.2) is 4.79 Å². The molecule has 0 aliphatic rings. The van der Waals surface area contributed by atoms with Crippen LogP contribution in [0.4, 0.5) is 0 Å². The first kappa shape index (κ1) is 59.3. The highest BCUT2D eigenvalue weighted by molar-refractivity contribution is 5.87. The molecule has 9 heteroatoms. The van der Waals surface area contributed by atoms with Gasteiger partial charge in [-0.05, 0) is 89.9 Å². The number of nitrogens with one attached hydrogen (secondary N) is 2. The minimum Gasteiger partial charge on any atom is -0.480 e. The number of rotatable bonds is 48. The largest absolute Gasteiger partial charge is 0.480 e. The Morgan fingerprint density at radius 2 is 0.823 bits per heavy atom. The molecule has 62 heavy (non-hydrogen) atoms. The standard InChI is InChI=1S/C53H98N2O7/c1-3-5-7-9-11-13-15-17-19-20-21-22-24-26-28-30-32-37-41-45-52(59)62-48(42-38-34-31-29-27-25-23-18-16-14-12-10-8-6-4-2)43-39-35-33-36-40-44-50(57)54-46-51(58)55-49(47-56)53(60)61/h17,19,25,27,48-49,56H,3-16,18,20-24,26,28-47H2,1-2H3,(H,54,57)(H,55,58)(H,60,61)/b19-17-,27-25-. The van der Waals surface area contributed by atoms with E-state index in [0.717, 1.165) is 70.6 Å². The SMILES string of the molecule is CCCCCCCC/C=C\CCCCCCCCCCCC(=O)OC(CCCCC/C=C\CCCCCCCCCC)CCCCCCCC(=O)NCC(=O)NC(CO)C(=O)O. The summed E-state index contributed by atoms with van der Waals surface area (Å²) in [6.07, 6.45) is 55.0. The summed E-state index contributed by atoms with van der Waals surface area (Å²) in [5.41, 5.74) is 0. The van der Waals surface area contributed by atoms with Crippen LogP contribution in [0.5, 0.6) is 0 Å². The molecule has 2 unspecified atom stereocenters. The lowest BCUT2D eigenvalue weighted by Gasteiger charge is -2.18. The highest BCUT2D eigenvalue weighted by Crippen LogP contribution is 2.19. The van der Waals surface area contributed by atoms with E-state index in [4.69, 9.17) is 14.9 Å². The van der Waals surface area contributed by atoms with E-state index >= 15 is 0 Å². The monoisotopic (exact) mass is 875 g/mol. The molecule has 0 aromatic carbocycles. The second-order valence-corrected chi connectivity index (χ2v) is 18.0. The van der Waals surface area contributed by atoms with Gasteiger partial charge in [-0.2, -0.15) is 0 Å². The average molecular weight is 875 g/mol. The van der Waals surface area contributed by atoms with Gasteiger partial charge in [0.25, 0.3) is 0 Å².